The summed E-state index contributed by atoms with van der Waals surface area (Å²) in [7, 11) is 0. The third kappa shape index (κ3) is 7.99. The summed E-state index contributed by atoms with van der Waals surface area (Å²) in [5, 5.41) is 2.91. The first-order valence-electron chi connectivity index (χ1n) is 16.3. The Labute approximate surface area is 285 Å². The third-order valence-corrected chi connectivity index (χ3v) is 9.57. The van der Waals surface area contributed by atoms with E-state index in [1.165, 1.54) is 5.56 Å². The molecule has 2 saturated heterocycles. The van der Waals surface area contributed by atoms with Gasteiger partial charge in [-0.05, 0) is 78.6 Å². The average molecular weight is 694 g/mol. The Morgan fingerprint density at radius 3 is 2.39 bits per heavy atom. The molecule has 0 bridgehead atoms. The highest BCUT2D eigenvalue weighted by molar-refractivity contribution is 6.30. The summed E-state index contributed by atoms with van der Waals surface area (Å²) in [6.45, 7) is 2.21. The first-order valence-corrected chi connectivity index (χ1v) is 16.7. The number of rotatable bonds is 8. The summed E-state index contributed by atoms with van der Waals surface area (Å²) in [6.07, 6.45) is -0.649. The summed E-state index contributed by atoms with van der Waals surface area (Å²) >= 11 is 6.06. The van der Waals surface area contributed by atoms with E-state index in [0.29, 0.717) is 50.0 Å². The molecule has 1 atom stereocenters. The van der Waals surface area contributed by atoms with E-state index in [2.05, 4.69) is 17.4 Å². The Kier molecular flexibility index (Phi) is 10.1. The van der Waals surface area contributed by atoms with Gasteiger partial charge in [-0.2, -0.15) is 13.2 Å². The zero-order chi connectivity index (χ0) is 34.7. The number of carbonyl (C=O) groups excluding carboxylic acids is 3. The van der Waals surface area contributed by atoms with Crippen LogP contribution in [-0.2, 0) is 28.7 Å². The quantitative estimate of drug-likeness (QED) is 0.221. The van der Waals surface area contributed by atoms with E-state index >= 15 is 0 Å². The second kappa shape index (κ2) is 14.5. The van der Waals surface area contributed by atoms with Gasteiger partial charge in [-0.25, -0.2) is 0 Å². The van der Waals surface area contributed by atoms with Crippen molar-refractivity contribution < 1.29 is 32.0 Å². The van der Waals surface area contributed by atoms with E-state index in [1.807, 2.05) is 17.0 Å². The van der Waals surface area contributed by atoms with Crippen LogP contribution in [0.1, 0.15) is 70.8 Å². The summed E-state index contributed by atoms with van der Waals surface area (Å²) in [5.74, 6) is -1.22. The number of amides is 3. The number of likely N-dealkylation sites (tertiary alicyclic amines) is 2. The van der Waals surface area contributed by atoms with Crippen molar-refractivity contribution >= 4 is 40.3 Å². The lowest BCUT2D eigenvalue weighted by molar-refractivity contribution is -0.137. The van der Waals surface area contributed by atoms with Gasteiger partial charge in [0.05, 0.1) is 10.9 Å². The molecular weight excluding hydrogens is 659 g/mol. The molecule has 2 fully saturated rings. The van der Waals surface area contributed by atoms with Gasteiger partial charge in [0.15, 0.2) is 11.2 Å². The van der Waals surface area contributed by atoms with Crippen molar-refractivity contribution in [3.63, 3.8) is 0 Å². The number of nitrogens with one attached hydrogen (secondary N) is 1. The van der Waals surface area contributed by atoms with Gasteiger partial charge in [0.2, 0.25) is 11.8 Å². The van der Waals surface area contributed by atoms with Crippen LogP contribution in [0, 0.1) is 0 Å². The molecule has 0 aliphatic carbocycles. The van der Waals surface area contributed by atoms with Crippen LogP contribution in [0.15, 0.2) is 82.0 Å². The van der Waals surface area contributed by atoms with Gasteiger partial charge in [0.1, 0.15) is 11.6 Å². The smallest absolute Gasteiger partial charge is 0.416 e. The minimum Gasteiger partial charge on any atom is -0.451 e. The van der Waals surface area contributed by atoms with Crippen molar-refractivity contribution in [2.75, 3.05) is 19.6 Å². The predicted octanol–water partition coefficient (Wildman–Crippen LogP) is 6.73. The number of piperidine rings is 2. The van der Waals surface area contributed by atoms with E-state index in [9.17, 15) is 32.3 Å². The van der Waals surface area contributed by atoms with Crippen LogP contribution in [0.2, 0.25) is 5.02 Å². The van der Waals surface area contributed by atoms with E-state index < -0.39 is 34.9 Å². The molecule has 1 N–H and O–H groups in total. The molecule has 49 heavy (non-hydrogen) atoms. The summed E-state index contributed by atoms with van der Waals surface area (Å²) in [4.78, 5) is 56.3. The van der Waals surface area contributed by atoms with Crippen LogP contribution >= 0.6 is 11.6 Å². The Bertz CT molecular complexity index is 1920. The molecule has 3 heterocycles. The maximum absolute atomic E-state index is 14.0. The molecule has 1 unspecified atom stereocenters. The highest BCUT2D eigenvalue weighted by Gasteiger charge is 2.33. The van der Waals surface area contributed by atoms with Crippen molar-refractivity contribution in [1.29, 1.82) is 0 Å². The van der Waals surface area contributed by atoms with Crippen molar-refractivity contribution in [3.05, 3.63) is 116 Å². The maximum Gasteiger partial charge on any atom is 0.416 e. The molecule has 8 nitrogen and oxygen atoms in total. The van der Waals surface area contributed by atoms with Crippen LogP contribution in [0.4, 0.5) is 13.2 Å². The molecule has 4 aromatic rings. The number of nitrogens with zero attached hydrogens (tertiary/aromatic N) is 2. The Morgan fingerprint density at radius 1 is 0.939 bits per heavy atom. The number of alkyl halides is 3. The minimum atomic E-state index is -4.66. The topological polar surface area (TPSA) is 99.9 Å². The Hall–Kier alpha value is -4.64. The number of halogens is 4. The molecule has 0 saturated carbocycles. The molecule has 256 valence electrons. The Balaban J connectivity index is 1.18. The zero-order valence-electron chi connectivity index (χ0n) is 26.6. The van der Waals surface area contributed by atoms with Crippen LogP contribution in [0.25, 0.3) is 11.0 Å². The Morgan fingerprint density at radius 2 is 1.67 bits per heavy atom. The fraction of sp³-hybridized carbons (Fsp3) is 0.351. The molecule has 0 radical (unpaired) electrons. The molecule has 2 aliphatic rings. The summed E-state index contributed by atoms with van der Waals surface area (Å²) in [5.41, 5.74) is 1.01. The van der Waals surface area contributed by atoms with Gasteiger partial charge in [0.25, 0.3) is 5.91 Å². The molecule has 2 aliphatic heterocycles. The van der Waals surface area contributed by atoms with Gasteiger partial charge in [-0.3, -0.25) is 19.2 Å². The van der Waals surface area contributed by atoms with E-state index in [-0.39, 0.29) is 35.1 Å². The van der Waals surface area contributed by atoms with Gasteiger partial charge in [0, 0.05) is 50.1 Å². The number of carbonyl (C=O) groups is 3. The van der Waals surface area contributed by atoms with Crippen molar-refractivity contribution in [2.45, 2.75) is 63.2 Å². The normalized spacial score (nSPS) is 16.5. The molecule has 12 heteroatoms. The SMILES string of the molecule is O=C(NC(Cc1ccc(Cl)cc1)C(=O)N1CCC(c2ccccc2CN2CCCCC2=O)CC1)c1cc(=O)c2cc(C(F)(F)F)ccc2o1. The summed E-state index contributed by atoms with van der Waals surface area (Å²) < 4.78 is 45.2. The first kappa shape index (κ1) is 34.2. The lowest BCUT2D eigenvalue weighted by atomic mass is 9.86. The first-order chi connectivity index (χ1) is 23.5. The van der Waals surface area contributed by atoms with Gasteiger partial charge >= 0.3 is 6.18 Å². The van der Waals surface area contributed by atoms with Crippen LogP contribution in [0.3, 0.4) is 0 Å². The van der Waals surface area contributed by atoms with Crippen LogP contribution in [0.5, 0.6) is 0 Å². The lowest BCUT2D eigenvalue weighted by Gasteiger charge is -2.36. The van der Waals surface area contributed by atoms with Crippen molar-refractivity contribution in [2.24, 2.45) is 0 Å². The highest BCUT2D eigenvalue weighted by Crippen LogP contribution is 2.33. The minimum absolute atomic E-state index is 0.126. The zero-order valence-corrected chi connectivity index (χ0v) is 27.4. The highest BCUT2D eigenvalue weighted by atomic mass is 35.5. The standard InChI is InChI=1S/C37H35ClF3N3O5/c38-27-11-8-23(9-12-27)19-30(42-35(47)33-21-31(45)29-20-26(37(39,40)41)10-13-32(29)49-33)36(48)43-17-14-24(15-18-43)28-6-2-1-5-25(28)22-44-16-4-3-7-34(44)46/h1-2,5-6,8-13,20-21,24,30H,3-4,7,14-19,22H2,(H,42,47). The van der Waals surface area contributed by atoms with Crippen LogP contribution < -0.4 is 10.7 Å². The predicted molar refractivity (Wildman–Crippen MR) is 178 cm³/mol. The number of hydrogen-bond donors (Lipinski definition) is 1. The monoisotopic (exact) mass is 693 g/mol. The fourth-order valence-electron chi connectivity index (χ4n) is 6.67. The van der Waals surface area contributed by atoms with Gasteiger partial charge in [-0.15, -0.1) is 0 Å². The largest absolute Gasteiger partial charge is 0.451 e. The van der Waals surface area contributed by atoms with Gasteiger partial charge < -0.3 is 19.5 Å². The van der Waals surface area contributed by atoms with Crippen molar-refractivity contribution in [1.82, 2.24) is 15.1 Å². The molecule has 1 aromatic heterocycles. The van der Waals surface area contributed by atoms with E-state index in [1.54, 1.807) is 29.2 Å². The van der Waals surface area contributed by atoms with Crippen LogP contribution in [-0.4, -0.2) is 53.2 Å². The molecular formula is C37H35ClF3N3O5. The second-order valence-corrected chi connectivity index (χ2v) is 13.0. The maximum atomic E-state index is 14.0. The number of fused-ring (bicyclic) bond motifs is 1. The molecule has 0 spiro atoms. The molecule has 3 amide bonds. The van der Waals surface area contributed by atoms with E-state index in [0.717, 1.165) is 48.7 Å². The van der Waals surface area contributed by atoms with E-state index in [4.69, 9.17) is 16.0 Å². The molecule has 3 aromatic carbocycles. The van der Waals surface area contributed by atoms with Gasteiger partial charge in [-0.1, -0.05) is 48.0 Å². The summed E-state index contributed by atoms with van der Waals surface area (Å²) in [6, 6.07) is 17.2. The average Bonchev–Trinajstić information content (AvgIpc) is 3.09. The number of hydrogen-bond acceptors (Lipinski definition) is 5. The third-order valence-electron chi connectivity index (χ3n) is 9.32. The number of benzene rings is 3. The van der Waals surface area contributed by atoms with Crippen molar-refractivity contribution in [3.8, 4) is 0 Å². The molecule has 6 rings (SSSR count). The fourth-order valence-corrected chi connectivity index (χ4v) is 6.80. The lowest BCUT2D eigenvalue weighted by Crippen LogP contribution is -2.51. The second-order valence-electron chi connectivity index (χ2n) is 12.6.